The maximum atomic E-state index is 12.2. The highest BCUT2D eigenvalue weighted by Crippen LogP contribution is 2.53. The van der Waals surface area contributed by atoms with Crippen molar-refractivity contribution in [3.63, 3.8) is 0 Å². The molecule has 0 aromatic carbocycles. The van der Waals surface area contributed by atoms with Crippen LogP contribution >= 0.6 is 0 Å². The summed E-state index contributed by atoms with van der Waals surface area (Å²) < 4.78 is 17.7. The van der Waals surface area contributed by atoms with Gasteiger partial charge in [-0.15, -0.1) is 0 Å². The number of hydrogen-bond acceptors (Lipinski definition) is 7. The van der Waals surface area contributed by atoms with E-state index >= 15 is 0 Å². The molecule has 2 heterocycles. The smallest absolute Gasteiger partial charge is 0.313 e. The molecule has 0 aromatic heterocycles. The van der Waals surface area contributed by atoms with Crippen molar-refractivity contribution >= 4 is 5.97 Å². The molecule has 1 saturated carbocycles. The molecule has 7 heteroatoms. The third kappa shape index (κ3) is 3.64. The van der Waals surface area contributed by atoms with Crippen LogP contribution in [-0.4, -0.2) is 41.3 Å². The van der Waals surface area contributed by atoms with Gasteiger partial charge in [-0.3, -0.25) is 4.79 Å². The Balaban J connectivity index is 1.84. The Bertz CT molecular complexity index is 512. The molecular weight excluding hydrogens is 340 g/mol. The molecule has 0 amide bonds. The van der Waals surface area contributed by atoms with E-state index in [0.29, 0.717) is 24.2 Å². The van der Waals surface area contributed by atoms with Gasteiger partial charge in [0.2, 0.25) is 12.1 Å². The van der Waals surface area contributed by atoms with E-state index in [0.717, 1.165) is 19.3 Å². The Hall–Kier alpha value is -0.730. The Morgan fingerprint density at radius 2 is 2.00 bits per heavy atom. The first kappa shape index (κ1) is 20.0. The number of carbonyl (C=O) groups is 1. The summed E-state index contributed by atoms with van der Waals surface area (Å²) in [6.07, 6.45) is 2.32. The standard InChI is InChI=1S/C19H32O7/c1-10-5-6-14-12(3)17(23-16(21)11(2)9-20)24-18-15(14)13(10)7-8-19(4,25-18)26-22/h10-15,17-18,20,22H,5-9H2,1-4H3/t10-,11?,12-,13+,14+,15?,17+,18-,19-/m1/s1. The zero-order valence-electron chi connectivity index (χ0n) is 16.1. The predicted octanol–water partition coefficient (Wildman–Crippen LogP) is 2.77. The van der Waals surface area contributed by atoms with Crippen LogP contribution in [0.15, 0.2) is 0 Å². The average Bonchev–Trinajstić information content (AvgIpc) is 2.78. The van der Waals surface area contributed by atoms with Crippen molar-refractivity contribution in [3.05, 3.63) is 0 Å². The molecule has 2 aliphatic heterocycles. The number of rotatable bonds is 4. The van der Waals surface area contributed by atoms with E-state index in [1.807, 2.05) is 0 Å². The van der Waals surface area contributed by atoms with E-state index in [4.69, 9.17) is 14.2 Å². The van der Waals surface area contributed by atoms with Crippen LogP contribution in [0, 0.1) is 35.5 Å². The first-order chi connectivity index (χ1) is 12.3. The van der Waals surface area contributed by atoms with Gasteiger partial charge in [0.25, 0.3) is 0 Å². The van der Waals surface area contributed by atoms with Gasteiger partial charge in [0, 0.05) is 18.3 Å². The van der Waals surface area contributed by atoms with Crippen molar-refractivity contribution in [3.8, 4) is 0 Å². The molecule has 2 N–H and O–H groups in total. The summed E-state index contributed by atoms with van der Waals surface area (Å²) in [5.41, 5.74) is 0. The predicted molar refractivity (Wildman–Crippen MR) is 91.5 cm³/mol. The first-order valence-electron chi connectivity index (χ1n) is 9.77. The Labute approximate surface area is 154 Å². The third-order valence-electron chi connectivity index (χ3n) is 6.76. The molecule has 2 saturated heterocycles. The highest BCUT2D eigenvalue weighted by Gasteiger charge is 2.55. The summed E-state index contributed by atoms with van der Waals surface area (Å²) in [6, 6.07) is 0. The lowest BCUT2D eigenvalue weighted by atomic mass is 9.61. The van der Waals surface area contributed by atoms with Crippen molar-refractivity contribution in [2.24, 2.45) is 35.5 Å². The van der Waals surface area contributed by atoms with Crippen molar-refractivity contribution in [1.29, 1.82) is 0 Å². The van der Waals surface area contributed by atoms with E-state index in [1.54, 1.807) is 13.8 Å². The number of aliphatic hydroxyl groups excluding tert-OH is 1. The first-order valence-corrected chi connectivity index (χ1v) is 9.77. The molecule has 9 atom stereocenters. The van der Waals surface area contributed by atoms with Crippen LogP contribution in [0.2, 0.25) is 0 Å². The Morgan fingerprint density at radius 3 is 2.65 bits per heavy atom. The van der Waals surface area contributed by atoms with Gasteiger partial charge in [0.05, 0.1) is 12.5 Å². The number of hydrogen-bond donors (Lipinski definition) is 2. The molecule has 1 aliphatic carbocycles. The molecule has 3 aliphatic rings. The molecule has 26 heavy (non-hydrogen) atoms. The van der Waals surface area contributed by atoms with Gasteiger partial charge in [-0.25, -0.2) is 10.1 Å². The molecule has 7 nitrogen and oxygen atoms in total. The van der Waals surface area contributed by atoms with Gasteiger partial charge in [-0.2, -0.15) is 0 Å². The van der Waals surface area contributed by atoms with Gasteiger partial charge >= 0.3 is 5.97 Å². The van der Waals surface area contributed by atoms with Gasteiger partial charge in [0.1, 0.15) is 0 Å². The molecule has 3 rings (SSSR count). The number of esters is 1. The normalized spacial score (nSPS) is 46.8. The molecule has 0 aromatic rings. The van der Waals surface area contributed by atoms with Crippen molar-refractivity contribution in [1.82, 2.24) is 0 Å². The highest BCUT2D eigenvalue weighted by atomic mass is 17.1. The molecule has 0 radical (unpaired) electrons. The summed E-state index contributed by atoms with van der Waals surface area (Å²) >= 11 is 0. The third-order valence-corrected chi connectivity index (χ3v) is 6.76. The molecule has 0 spiro atoms. The molecule has 150 valence electrons. The lowest BCUT2D eigenvalue weighted by Crippen LogP contribution is -2.55. The number of aliphatic hydroxyl groups is 1. The van der Waals surface area contributed by atoms with Crippen LogP contribution in [0.25, 0.3) is 0 Å². The average molecular weight is 372 g/mol. The van der Waals surface area contributed by atoms with Crippen LogP contribution in [0.1, 0.15) is 53.4 Å². The van der Waals surface area contributed by atoms with Gasteiger partial charge in [-0.05, 0) is 44.4 Å². The lowest BCUT2D eigenvalue weighted by Gasteiger charge is -2.51. The molecule has 3 fully saturated rings. The van der Waals surface area contributed by atoms with Gasteiger partial charge in [-0.1, -0.05) is 20.3 Å². The summed E-state index contributed by atoms with van der Waals surface area (Å²) in [6.45, 7) is 7.39. The number of ether oxygens (including phenoxy) is 3. The fourth-order valence-corrected chi connectivity index (χ4v) is 4.95. The summed E-state index contributed by atoms with van der Waals surface area (Å²) in [7, 11) is 0. The fraction of sp³-hybridized carbons (Fsp3) is 0.947. The molecule has 0 bridgehead atoms. The summed E-state index contributed by atoms with van der Waals surface area (Å²) in [5.74, 6) is -0.668. The quantitative estimate of drug-likeness (QED) is 0.445. The highest BCUT2D eigenvalue weighted by molar-refractivity contribution is 5.72. The minimum Gasteiger partial charge on any atom is -0.435 e. The van der Waals surface area contributed by atoms with Crippen LogP contribution in [0.3, 0.4) is 0 Å². The Kier molecular flexibility index (Phi) is 5.94. The second-order valence-electron chi connectivity index (χ2n) is 8.59. The van der Waals surface area contributed by atoms with Crippen molar-refractivity contribution in [2.75, 3.05) is 6.61 Å². The van der Waals surface area contributed by atoms with E-state index in [1.165, 1.54) is 0 Å². The second-order valence-corrected chi connectivity index (χ2v) is 8.59. The van der Waals surface area contributed by atoms with Crippen LogP contribution < -0.4 is 0 Å². The minimum absolute atomic E-state index is 0.0455. The summed E-state index contributed by atoms with van der Waals surface area (Å²) in [4.78, 5) is 16.8. The van der Waals surface area contributed by atoms with E-state index in [-0.39, 0.29) is 18.4 Å². The largest absolute Gasteiger partial charge is 0.435 e. The minimum atomic E-state index is -1.13. The van der Waals surface area contributed by atoms with Crippen molar-refractivity contribution in [2.45, 2.75) is 71.7 Å². The number of carbonyl (C=O) groups excluding carboxylic acids is 1. The van der Waals surface area contributed by atoms with E-state index in [2.05, 4.69) is 18.7 Å². The van der Waals surface area contributed by atoms with Gasteiger partial charge in [0.15, 0.2) is 6.29 Å². The summed E-state index contributed by atoms with van der Waals surface area (Å²) in [5, 5.41) is 18.5. The maximum absolute atomic E-state index is 12.2. The molecule has 2 unspecified atom stereocenters. The zero-order chi connectivity index (χ0) is 19.1. The molecular formula is C19H32O7. The fourth-order valence-electron chi connectivity index (χ4n) is 4.95. The van der Waals surface area contributed by atoms with Crippen LogP contribution in [-0.2, 0) is 23.9 Å². The maximum Gasteiger partial charge on any atom is 0.313 e. The van der Waals surface area contributed by atoms with Gasteiger partial charge < -0.3 is 19.3 Å². The van der Waals surface area contributed by atoms with Crippen LogP contribution in [0.5, 0.6) is 0 Å². The lowest BCUT2D eigenvalue weighted by molar-refractivity contribution is -0.442. The topological polar surface area (TPSA) is 94.5 Å². The van der Waals surface area contributed by atoms with E-state index < -0.39 is 30.3 Å². The second kappa shape index (κ2) is 7.72. The SMILES string of the molecule is CC(CO)C(=O)O[C@H]1O[C@@H]2O[C@](C)(OO)CC[C@@H]3C2[C@@H](CC[C@H]3C)[C@H]1C. The van der Waals surface area contributed by atoms with Crippen LogP contribution in [0.4, 0.5) is 0 Å². The van der Waals surface area contributed by atoms with E-state index in [9.17, 15) is 15.2 Å². The van der Waals surface area contributed by atoms with Crippen molar-refractivity contribution < 1.29 is 34.3 Å². The monoisotopic (exact) mass is 372 g/mol. The Morgan fingerprint density at radius 1 is 1.27 bits per heavy atom. The zero-order valence-corrected chi connectivity index (χ0v) is 16.1.